The highest BCUT2D eigenvalue weighted by Gasteiger charge is 2.37. The summed E-state index contributed by atoms with van der Waals surface area (Å²) in [5.74, 6) is 1.62. The van der Waals surface area contributed by atoms with Gasteiger partial charge < -0.3 is 4.90 Å². The van der Waals surface area contributed by atoms with E-state index in [0.29, 0.717) is 5.92 Å². The van der Waals surface area contributed by atoms with Crippen molar-refractivity contribution in [3.63, 3.8) is 0 Å². The molecule has 2 bridgehead atoms. The molecule has 0 aromatic heterocycles. The molecule has 1 aliphatic carbocycles. The zero-order chi connectivity index (χ0) is 11.1. The second-order valence-electron chi connectivity index (χ2n) is 5.73. The van der Waals surface area contributed by atoms with Crippen LogP contribution < -0.4 is 4.90 Å². The first-order valence-electron chi connectivity index (χ1n) is 6.60. The van der Waals surface area contributed by atoms with Gasteiger partial charge in [0.05, 0.1) is 0 Å². The predicted molar refractivity (Wildman–Crippen MR) is 69.0 cm³/mol. The van der Waals surface area contributed by atoms with E-state index in [0.717, 1.165) is 12.0 Å². The van der Waals surface area contributed by atoms with Crippen molar-refractivity contribution >= 4 is 5.69 Å². The number of hydrogen-bond acceptors (Lipinski definition) is 1. The molecule has 1 aromatic rings. The summed E-state index contributed by atoms with van der Waals surface area (Å²) in [7, 11) is 0. The van der Waals surface area contributed by atoms with Gasteiger partial charge in [-0.1, -0.05) is 26.0 Å². The van der Waals surface area contributed by atoms with Crippen LogP contribution in [-0.4, -0.2) is 12.6 Å². The van der Waals surface area contributed by atoms with Crippen molar-refractivity contribution in [2.75, 3.05) is 11.4 Å². The molecule has 1 aliphatic heterocycles. The summed E-state index contributed by atoms with van der Waals surface area (Å²) < 4.78 is 0. The average Bonchev–Trinajstić information content (AvgIpc) is 2.91. The second-order valence-corrected chi connectivity index (χ2v) is 5.73. The van der Waals surface area contributed by atoms with E-state index in [-0.39, 0.29) is 0 Å². The molecule has 2 atom stereocenters. The van der Waals surface area contributed by atoms with Gasteiger partial charge in [0.2, 0.25) is 0 Å². The SMILES string of the molecule is CC(C)c1ccc(N2CC3CCC2C3)cc1. The summed E-state index contributed by atoms with van der Waals surface area (Å²) in [4.78, 5) is 2.62. The van der Waals surface area contributed by atoms with Crippen LogP contribution in [0.4, 0.5) is 5.69 Å². The minimum atomic E-state index is 0.643. The summed E-state index contributed by atoms with van der Waals surface area (Å²) in [6.45, 7) is 5.81. The summed E-state index contributed by atoms with van der Waals surface area (Å²) in [6, 6.07) is 10.1. The van der Waals surface area contributed by atoms with Gasteiger partial charge in [0.15, 0.2) is 0 Å². The molecule has 2 aliphatic rings. The molecule has 1 saturated carbocycles. The fourth-order valence-electron chi connectivity index (χ4n) is 3.29. The van der Waals surface area contributed by atoms with Crippen LogP contribution in [0.25, 0.3) is 0 Å². The first kappa shape index (κ1) is 10.2. The molecule has 2 fully saturated rings. The Labute approximate surface area is 98.5 Å². The Hall–Kier alpha value is -0.980. The molecule has 0 spiro atoms. The van der Waals surface area contributed by atoms with Crippen molar-refractivity contribution in [1.82, 2.24) is 0 Å². The van der Waals surface area contributed by atoms with Crippen LogP contribution in [0, 0.1) is 5.92 Å². The number of rotatable bonds is 2. The molecule has 0 amide bonds. The predicted octanol–water partition coefficient (Wildman–Crippen LogP) is 3.80. The first-order valence-corrected chi connectivity index (χ1v) is 6.60. The molecule has 3 rings (SSSR count). The van der Waals surface area contributed by atoms with Crippen LogP contribution in [0.3, 0.4) is 0 Å². The van der Waals surface area contributed by atoms with Crippen molar-refractivity contribution in [3.8, 4) is 0 Å². The van der Waals surface area contributed by atoms with E-state index < -0.39 is 0 Å². The number of nitrogens with zero attached hydrogens (tertiary/aromatic N) is 1. The van der Waals surface area contributed by atoms with Gasteiger partial charge in [0.1, 0.15) is 0 Å². The van der Waals surface area contributed by atoms with Crippen molar-refractivity contribution in [1.29, 1.82) is 0 Å². The number of benzene rings is 1. The summed E-state index contributed by atoms with van der Waals surface area (Å²) in [5.41, 5.74) is 2.89. The standard InChI is InChI=1S/C15H21N/c1-11(2)13-4-7-14(8-5-13)16-10-12-3-6-15(16)9-12/h4-5,7-8,11-12,15H,3,6,9-10H2,1-2H3. The fraction of sp³-hybridized carbons (Fsp3) is 0.600. The lowest BCUT2D eigenvalue weighted by molar-refractivity contribution is 0.553. The summed E-state index contributed by atoms with van der Waals surface area (Å²) in [6.07, 6.45) is 4.31. The minimum absolute atomic E-state index is 0.643. The Morgan fingerprint density at radius 3 is 2.38 bits per heavy atom. The topological polar surface area (TPSA) is 3.24 Å². The van der Waals surface area contributed by atoms with Crippen LogP contribution in [0.2, 0.25) is 0 Å². The third-order valence-electron chi connectivity index (χ3n) is 4.30. The average molecular weight is 215 g/mol. The molecular formula is C15H21N. The molecule has 0 N–H and O–H groups in total. The second kappa shape index (κ2) is 3.80. The zero-order valence-electron chi connectivity index (χ0n) is 10.3. The molecule has 1 heterocycles. The van der Waals surface area contributed by atoms with E-state index in [2.05, 4.69) is 43.0 Å². The molecule has 1 heteroatoms. The van der Waals surface area contributed by atoms with Crippen LogP contribution in [0.5, 0.6) is 0 Å². The van der Waals surface area contributed by atoms with Gasteiger partial charge in [-0.3, -0.25) is 0 Å². The zero-order valence-corrected chi connectivity index (χ0v) is 10.3. The number of anilines is 1. The Morgan fingerprint density at radius 1 is 1.12 bits per heavy atom. The van der Waals surface area contributed by atoms with Gasteiger partial charge in [-0.15, -0.1) is 0 Å². The van der Waals surface area contributed by atoms with Crippen molar-refractivity contribution in [3.05, 3.63) is 29.8 Å². The van der Waals surface area contributed by atoms with Gasteiger partial charge in [0, 0.05) is 18.3 Å². The van der Waals surface area contributed by atoms with Crippen LogP contribution in [0.15, 0.2) is 24.3 Å². The van der Waals surface area contributed by atoms with E-state index in [1.165, 1.54) is 37.1 Å². The number of hydrogen-bond donors (Lipinski definition) is 0. The van der Waals surface area contributed by atoms with E-state index >= 15 is 0 Å². The van der Waals surface area contributed by atoms with Gasteiger partial charge in [-0.25, -0.2) is 0 Å². The van der Waals surface area contributed by atoms with Crippen molar-refractivity contribution in [2.45, 2.75) is 45.1 Å². The third kappa shape index (κ3) is 1.63. The highest BCUT2D eigenvalue weighted by atomic mass is 15.2. The van der Waals surface area contributed by atoms with Gasteiger partial charge in [0.25, 0.3) is 0 Å². The van der Waals surface area contributed by atoms with Gasteiger partial charge >= 0.3 is 0 Å². The largest absolute Gasteiger partial charge is 0.368 e. The maximum absolute atomic E-state index is 2.62. The van der Waals surface area contributed by atoms with E-state index in [4.69, 9.17) is 0 Å². The number of fused-ring (bicyclic) bond motifs is 2. The Balaban J connectivity index is 1.80. The maximum Gasteiger partial charge on any atom is 0.0368 e. The maximum atomic E-state index is 2.62. The van der Waals surface area contributed by atoms with Crippen LogP contribution in [0.1, 0.15) is 44.6 Å². The smallest absolute Gasteiger partial charge is 0.0368 e. The Kier molecular flexibility index (Phi) is 2.42. The van der Waals surface area contributed by atoms with Gasteiger partial charge in [-0.05, 0) is 48.8 Å². The Morgan fingerprint density at radius 2 is 1.88 bits per heavy atom. The van der Waals surface area contributed by atoms with E-state index in [1.54, 1.807) is 0 Å². The lowest BCUT2D eigenvalue weighted by atomic mass is 10.0. The highest BCUT2D eigenvalue weighted by molar-refractivity contribution is 5.50. The quantitative estimate of drug-likeness (QED) is 0.725. The summed E-state index contributed by atoms with van der Waals surface area (Å²) >= 11 is 0. The summed E-state index contributed by atoms with van der Waals surface area (Å²) in [5, 5.41) is 0. The molecule has 1 saturated heterocycles. The normalized spacial score (nSPS) is 28.1. The van der Waals surface area contributed by atoms with Crippen LogP contribution >= 0.6 is 0 Å². The van der Waals surface area contributed by atoms with E-state index in [1.807, 2.05) is 0 Å². The molecule has 1 nitrogen and oxygen atoms in total. The minimum Gasteiger partial charge on any atom is -0.368 e. The highest BCUT2D eigenvalue weighted by Crippen LogP contribution is 2.40. The Bertz CT molecular complexity index is 366. The third-order valence-corrected chi connectivity index (χ3v) is 4.30. The van der Waals surface area contributed by atoms with Crippen LogP contribution in [-0.2, 0) is 0 Å². The molecular weight excluding hydrogens is 194 g/mol. The first-order chi connectivity index (χ1) is 7.74. The molecule has 86 valence electrons. The lowest BCUT2D eigenvalue weighted by Crippen LogP contribution is -2.31. The fourth-order valence-corrected chi connectivity index (χ4v) is 3.29. The molecule has 1 aromatic carbocycles. The monoisotopic (exact) mass is 215 g/mol. The molecule has 0 radical (unpaired) electrons. The van der Waals surface area contributed by atoms with Gasteiger partial charge in [-0.2, -0.15) is 0 Å². The van der Waals surface area contributed by atoms with Crippen molar-refractivity contribution < 1.29 is 0 Å². The number of piperidine rings is 1. The van der Waals surface area contributed by atoms with Crippen molar-refractivity contribution in [2.24, 2.45) is 5.92 Å². The lowest BCUT2D eigenvalue weighted by Gasteiger charge is -2.29. The molecule has 2 unspecified atom stereocenters. The molecule has 16 heavy (non-hydrogen) atoms. The van der Waals surface area contributed by atoms with E-state index in [9.17, 15) is 0 Å².